The second kappa shape index (κ2) is 8.33. The molecule has 0 saturated carbocycles. The highest BCUT2D eigenvalue weighted by Crippen LogP contribution is 2.17. The van der Waals surface area contributed by atoms with Gasteiger partial charge in [-0.2, -0.15) is 0 Å². The average Bonchev–Trinajstić information content (AvgIpc) is 2.38. The summed E-state index contributed by atoms with van der Waals surface area (Å²) >= 11 is 3.56. The Bertz CT molecular complexity index is 417. The smallest absolute Gasteiger partial charge is 0.223 e. The van der Waals surface area contributed by atoms with Gasteiger partial charge < -0.3 is 10.2 Å². The van der Waals surface area contributed by atoms with Gasteiger partial charge in [0.15, 0.2) is 0 Å². The van der Waals surface area contributed by atoms with Crippen molar-refractivity contribution >= 4 is 21.8 Å². The molecule has 1 amide bonds. The molecule has 1 N–H and O–H groups in total. The third-order valence-electron chi connectivity index (χ3n) is 3.16. The summed E-state index contributed by atoms with van der Waals surface area (Å²) in [5.74, 6) is 0.223. The second-order valence-corrected chi connectivity index (χ2v) is 5.44. The topological polar surface area (TPSA) is 32.3 Å². The average molecular weight is 327 g/mol. The molecular weight excluding hydrogens is 304 g/mol. The van der Waals surface area contributed by atoms with Crippen LogP contribution in [0.4, 0.5) is 0 Å². The van der Waals surface area contributed by atoms with Crippen molar-refractivity contribution in [3.05, 3.63) is 33.8 Å². The van der Waals surface area contributed by atoms with Gasteiger partial charge in [0.1, 0.15) is 0 Å². The molecule has 1 rings (SSSR count). The first kappa shape index (κ1) is 16.2. The molecule has 1 aromatic rings. The summed E-state index contributed by atoms with van der Waals surface area (Å²) in [6.07, 6.45) is 0.561. The van der Waals surface area contributed by atoms with Crippen LogP contribution in [0.25, 0.3) is 0 Å². The van der Waals surface area contributed by atoms with E-state index in [1.165, 1.54) is 11.1 Å². The van der Waals surface area contributed by atoms with Crippen molar-refractivity contribution in [1.29, 1.82) is 0 Å². The molecule has 0 radical (unpaired) electrons. The van der Waals surface area contributed by atoms with E-state index in [9.17, 15) is 4.79 Å². The maximum absolute atomic E-state index is 11.8. The van der Waals surface area contributed by atoms with E-state index in [1.54, 1.807) is 0 Å². The second-order valence-electron chi connectivity index (χ2n) is 4.59. The van der Waals surface area contributed by atoms with E-state index in [4.69, 9.17) is 0 Å². The predicted molar refractivity (Wildman–Crippen MR) is 83.1 cm³/mol. The molecule has 0 bridgehead atoms. The fourth-order valence-corrected chi connectivity index (χ4v) is 2.58. The number of benzene rings is 1. The molecule has 0 aliphatic heterocycles. The van der Waals surface area contributed by atoms with E-state index in [2.05, 4.69) is 46.4 Å². The van der Waals surface area contributed by atoms with Crippen molar-refractivity contribution in [2.45, 2.75) is 33.7 Å². The van der Waals surface area contributed by atoms with Gasteiger partial charge in [0.25, 0.3) is 0 Å². The summed E-state index contributed by atoms with van der Waals surface area (Å²) < 4.78 is 1.12. The molecule has 19 heavy (non-hydrogen) atoms. The summed E-state index contributed by atoms with van der Waals surface area (Å²) in [6, 6.07) is 6.32. The Balaban J connectivity index is 2.33. The van der Waals surface area contributed by atoms with Gasteiger partial charge in [-0.05, 0) is 38.0 Å². The van der Waals surface area contributed by atoms with Crippen LogP contribution in [-0.2, 0) is 11.3 Å². The van der Waals surface area contributed by atoms with E-state index in [-0.39, 0.29) is 5.91 Å². The Hall–Kier alpha value is -0.870. The monoisotopic (exact) mass is 326 g/mol. The van der Waals surface area contributed by atoms with Gasteiger partial charge in [-0.3, -0.25) is 4.79 Å². The molecule has 0 saturated heterocycles. The van der Waals surface area contributed by atoms with Gasteiger partial charge >= 0.3 is 0 Å². The summed E-state index contributed by atoms with van der Waals surface area (Å²) in [5.41, 5.74) is 2.47. The minimum absolute atomic E-state index is 0.223. The van der Waals surface area contributed by atoms with Gasteiger partial charge in [-0.25, -0.2) is 0 Å². The van der Waals surface area contributed by atoms with Gasteiger partial charge in [0.05, 0.1) is 0 Å². The number of carbonyl (C=O) groups excluding carboxylic acids is 1. The zero-order valence-electron chi connectivity index (χ0n) is 12.0. The lowest BCUT2D eigenvalue weighted by atomic mass is 10.1. The standard InChI is InChI=1S/C15H23BrN2O/c1-4-18(5-2)15(19)8-9-17-11-13-7-6-12(3)10-14(13)16/h6-7,10,17H,4-5,8-9,11H2,1-3H3. The SMILES string of the molecule is CCN(CC)C(=O)CCNCc1ccc(C)cc1Br. The molecule has 0 unspecified atom stereocenters. The minimum Gasteiger partial charge on any atom is -0.343 e. The van der Waals surface area contributed by atoms with Crippen LogP contribution in [0.3, 0.4) is 0 Å². The number of rotatable bonds is 7. The summed E-state index contributed by atoms with van der Waals surface area (Å²) in [6.45, 7) is 9.18. The fraction of sp³-hybridized carbons (Fsp3) is 0.533. The maximum atomic E-state index is 11.8. The number of hydrogen-bond donors (Lipinski definition) is 1. The molecular formula is C15H23BrN2O. The number of nitrogens with one attached hydrogen (secondary N) is 1. The van der Waals surface area contributed by atoms with Crippen LogP contribution in [-0.4, -0.2) is 30.4 Å². The zero-order valence-corrected chi connectivity index (χ0v) is 13.6. The Morgan fingerprint density at radius 1 is 1.32 bits per heavy atom. The van der Waals surface area contributed by atoms with Crippen molar-refractivity contribution in [3.8, 4) is 0 Å². The van der Waals surface area contributed by atoms with E-state index >= 15 is 0 Å². The van der Waals surface area contributed by atoms with Crippen LogP contribution in [0.1, 0.15) is 31.4 Å². The lowest BCUT2D eigenvalue weighted by molar-refractivity contribution is -0.130. The first-order chi connectivity index (χ1) is 9.08. The molecule has 106 valence electrons. The number of carbonyl (C=O) groups is 1. The lowest BCUT2D eigenvalue weighted by Crippen LogP contribution is -2.32. The molecule has 0 aromatic heterocycles. The molecule has 1 aromatic carbocycles. The van der Waals surface area contributed by atoms with Crippen LogP contribution < -0.4 is 5.32 Å². The van der Waals surface area contributed by atoms with Crippen molar-refractivity contribution < 1.29 is 4.79 Å². The number of nitrogens with zero attached hydrogens (tertiary/aromatic N) is 1. The van der Waals surface area contributed by atoms with Gasteiger partial charge in [-0.1, -0.05) is 28.1 Å². The van der Waals surface area contributed by atoms with Gasteiger partial charge in [0.2, 0.25) is 5.91 Å². The lowest BCUT2D eigenvalue weighted by Gasteiger charge is -2.18. The van der Waals surface area contributed by atoms with Crippen LogP contribution >= 0.6 is 15.9 Å². The van der Waals surface area contributed by atoms with Gasteiger partial charge in [0, 0.05) is 37.1 Å². The normalized spacial score (nSPS) is 10.5. The Morgan fingerprint density at radius 3 is 2.58 bits per heavy atom. The predicted octanol–water partition coefficient (Wildman–Crippen LogP) is 3.11. The molecule has 3 nitrogen and oxygen atoms in total. The van der Waals surface area contributed by atoms with Crippen molar-refractivity contribution in [2.75, 3.05) is 19.6 Å². The number of aryl methyl sites for hydroxylation is 1. The highest BCUT2D eigenvalue weighted by atomic mass is 79.9. The molecule has 0 spiro atoms. The van der Waals surface area contributed by atoms with Crippen LogP contribution in [0.2, 0.25) is 0 Å². The minimum atomic E-state index is 0.223. The highest BCUT2D eigenvalue weighted by Gasteiger charge is 2.08. The summed E-state index contributed by atoms with van der Waals surface area (Å²) in [7, 11) is 0. The van der Waals surface area contributed by atoms with Crippen LogP contribution in [0.5, 0.6) is 0 Å². The number of amides is 1. The van der Waals surface area contributed by atoms with Crippen molar-refractivity contribution in [2.24, 2.45) is 0 Å². The molecule has 0 aliphatic carbocycles. The van der Waals surface area contributed by atoms with Crippen LogP contribution in [0.15, 0.2) is 22.7 Å². The summed E-state index contributed by atoms with van der Waals surface area (Å²) in [5, 5.41) is 3.32. The Kier molecular flexibility index (Phi) is 7.10. The number of hydrogen-bond acceptors (Lipinski definition) is 2. The van der Waals surface area contributed by atoms with E-state index in [0.717, 1.165) is 30.7 Å². The summed E-state index contributed by atoms with van der Waals surface area (Å²) in [4.78, 5) is 13.7. The molecule has 0 atom stereocenters. The van der Waals surface area contributed by atoms with Gasteiger partial charge in [-0.15, -0.1) is 0 Å². The quantitative estimate of drug-likeness (QED) is 0.781. The molecule has 0 heterocycles. The number of halogens is 1. The molecule has 0 aliphatic rings. The van der Waals surface area contributed by atoms with Crippen LogP contribution in [0, 0.1) is 6.92 Å². The molecule has 0 fully saturated rings. The zero-order chi connectivity index (χ0) is 14.3. The largest absolute Gasteiger partial charge is 0.343 e. The Labute approximate surface area is 124 Å². The van der Waals surface area contributed by atoms with E-state index < -0.39 is 0 Å². The van der Waals surface area contributed by atoms with E-state index in [0.29, 0.717) is 6.42 Å². The highest BCUT2D eigenvalue weighted by molar-refractivity contribution is 9.10. The Morgan fingerprint density at radius 2 is 2.00 bits per heavy atom. The fourth-order valence-electron chi connectivity index (χ4n) is 1.95. The third kappa shape index (κ3) is 5.33. The van der Waals surface area contributed by atoms with E-state index in [1.807, 2.05) is 18.7 Å². The third-order valence-corrected chi connectivity index (χ3v) is 3.89. The first-order valence-corrected chi connectivity index (χ1v) is 7.61. The van der Waals surface area contributed by atoms with Crippen molar-refractivity contribution in [3.63, 3.8) is 0 Å². The van der Waals surface area contributed by atoms with Crippen molar-refractivity contribution in [1.82, 2.24) is 10.2 Å². The molecule has 4 heteroatoms. The maximum Gasteiger partial charge on any atom is 0.223 e. The first-order valence-electron chi connectivity index (χ1n) is 6.82.